The molecule has 0 aromatic heterocycles. The number of aryl methyl sites for hydroxylation is 1. The smallest absolute Gasteiger partial charge is 0.261 e. The maximum atomic E-state index is 12.0. The fourth-order valence-electron chi connectivity index (χ4n) is 1.81. The molecule has 0 aliphatic carbocycles. The van der Waals surface area contributed by atoms with Gasteiger partial charge in [-0.1, -0.05) is 15.9 Å². The molecule has 21 heavy (non-hydrogen) atoms. The van der Waals surface area contributed by atoms with Crippen molar-refractivity contribution in [1.29, 1.82) is 0 Å². The molecule has 2 rings (SSSR count). The summed E-state index contributed by atoms with van der Waals surface area (Å²) in [6.07, 6.45) is 0. The van der Waals surface area contributed by atoms with E-state index in [0.717, 1.165) is 4.47 Å². The number of halogens is 2. The highest BCUT2D eigenvalue weighted by Gasteiger charge is 2.14. The summed E-state index contributed by atoms with van der Waals surface area (Å²) in [6.45, 7) is 1.62. The Morgan fingerprint density at radius 1 is 1.14 bits per heavy atom. The van der Waals surface area contributed by atoms with Crippen LogP contribution in [0, 0.1) is 6.92 Å². The molecule has 0 unspecified atom stereocenters. The van der Waals surface area contributed by atoms with E-state index in [0.29, 0.717) is 16.8 Å². The van der Waals surface area contributed by atoms with E-state index in [2.05, 4.69) is 21.2 Å². The van der Waals surface area contributed by atoms with Crippen LogP contribution in [-0.4, -0.2) is 14.3 Å². The van der Waals surface area contributed by atoms with E-state index in [-0.39, 0.29) is 10.8 Å². The van der Waals surface area contributed by atoms with Crippen LogP contribution in [-0.2, 0) is 9.05 Å². The predicted molar refractivity (Wildman–Crippen MR) is 86.3 cm³/mol. The van der Waals surface area contributed by atoms with E-state index in [4.69, 9.17) is 10.7 Å². The number of hydrogen-bond donors (Lipinski definition) is 1. The summed E-state index contributed by atoms with van der Waals surface area (Å²) in [5.74, 6) is -0.275. The van der Waals surface area contributed by atoms with E-state index in [1.54, 1.807) is 37.3 Å². The number of anilines is 1. The highest BCUT2D eigenvalue weighted by molar-refractivity contribution is 9.10. The predicted octanol–water partition coefficient (Wildman–Crippen LogP) is 3.94. The van der Waals surface area contributed by atoms with Gasteiger partial charge in [0.1, 0.15) is 0 Å². The summed E-state index contributed by atoms with van der Waals surface area (Å²) < 4.78 is 23.5. The van der Waals surface area contributed by atoms with Crippen LogP contribution in [0.2, 0.25) is 0 Å². The van der Waals surface area contributed by atoms with Crippen molar-refractivity contribution in [2.45, 2.75) is 11.8 Å². The Hall–Kier alpha value is -1.37. The molecule has 110 valence electrons. The Kier molecular flexibility index (Phi) is 4.70. The second-order valence-electron chi connectivity index (χ2n) is 4.38. The van der Waals surface area contributed by atoms with Gasteiger partial charge in [-0.2, -0.15) is 0 Å². The van der Waals surface area contributed by atoms with Crippen LogP contribution in [0.5, 0.6) is 0 Å². The fraction of sp³-hybridized carbons (Fsp3) is 0.0714. The van der Waals surface area contributed by atoms with Crippen molar-refractivity contribution in [2.24, 2.45) is 0 Å². The molecular weight excluding hydrogens is 378 g/mol. The Balaban J connectivity index is 2.22. The van der Waals surface area contributed by atoms with Gasteiger partial charge >= 0.3 is 0 Å². The monoisotopic (exact) mass is 387 g/mol. The van der Waals surface area contributed by atoms with Gasteiger partial charge in [0.05, 0.1) is 4.90 Å². The Labute approximate surface area is 135 Å². The van der Waals surface area contributed by atoms with Gasteiger partial charge in [0.2, 0.25) is 0 Å². The third-order valence-electron chi connectivity index (χ3n) is 2.80. The summed E-state index contributed by atoms with van der Waals surface area (Å²) in [7, 11) is 1.53. The lowest BCUT2D eigenvalue weighted by Crippen LogP contribution is -2.12. The molecule has 0 bridgehead atoms. The molecule has 4 nitrogen and oxygen atoms in total. The highest BCUT2D eigenvalue weighted by atomic mass is 79.9. The largest absolute Gasteiger partial charge is 0.322 e. The first-order valence-corrected chi connectivity index (χ1v) is 9.00. The quantitative estimate of drug-likeness (QED) is 0.810. The van der Waals surface area contributed by atoms with Crippen LogP contribution in [0.1, 0.15) is 15.9 Å². The second-order valence-corrected chi connectivity index (χ2v) is 7.83. The molecule has 0 atom stereocenters. The Morgan fingerprint density at radius 3 is 2.29 bits per heavy atom. The van der Waals surface area contributed by atoms with E-state index in [1.165, 1.54) is 12.1 Å². The third kappa shape index (κ3) is 4.06. The molecule has 0 aliphatic heterocycles. The first-order valence-electron chi connectivity index (χ1n) is 5.89. The molecule has 0 radical (unpaired) electrons. The van der Waals surface area contributed by atoms with E-state index < -0.39 is 9.05 Å². The summed E-state index contributed by atoms with van der Waals surface area (Å²) in [5, 5.41) is 2.71. The van der Waals surface area contributed by atoms with Crippen molar-refractivity contribution in [3.8, 4) is 0 Å². The molecule has 0 spiro atoms. The van der Waals surface area contributed by atoms with Gasteiger partial charge in [-0.3, -0.25) is 4.79 Å². The number of hydrogen-bond acceptors (Lipinski definition) is 3. The topological polar surface area (TPSA) is 63.2 Å². The maximum Gasteiger partial charge on any atom is 0.261 e. The molecular formula is C14H11BrClNO3S. The van der Waals surface area contributed by atoms with Gasteiger partial charge < -0.3 is 5.32 Å². The highest BCUT2D eigenvalue weighted by Crippen LogP contribution is 2.23. The van der Waals surface area contributed by atoms with Crippen LogP contribution < -0.4 is 5.32 Å². The minimum absolute atomic E-state index is 0.0332. The summed E-state index contributed by atoms with van der Waals surface area (Å²) in [4.78, 5) is 12.1. The van der Waals surface area contributed by atoms with Crippen LogP contribution in [0.3, 0.4) is 0 Å². The lowest BCUT2D eigenvalue weighted by molar-refractivity contribution is 0.102. The SMILES string of the molecule is Cc1cc(NC(=O)c2ccc(Br)cc2)ccc1S(=O)(=O)Cl. The maximum absolute atomic E-state index is 12.0. The van der Waals surface area contributed by atoms with Crippen molar-refractivity contribution in [2.75, 3.05) is 5.32 Å². The van der Waals surface area contributed by atoms with Gasteiger partial charge in [0.15, 0.2) is 0 Å². The summed E-state index contributed by atoms with van der Waals surface area (Å²) in [5.41, 5.74) is 1.48. The van der Waals surface area contributed by atoms with Crippen LogP contribution >= 0.6 is 26.6 Å². The first-order chi connectivity index (χ1) is 9.77. The van der Waals surface area contributed by atoms with Crippen molar-refractivity contribution in [3.05, 3.63) is 58.1 Å². The van der Waals surface area contributed by atoms with Gasteiger partial charge in [0, 0.05) is 26.4 Å². The summed E-state index contributed by atoms with van der Waals surface area (Å²) >= 11 is 3.30. The van der Waals surface area contributed by atoms with Gasteiger partial charge in [-0.15, -0.1) is 0 Å². The number of benzene rings is 2. The zero-order chi connectivity index (χ0) is 15.6. The minimum Gasteiger partial charge on any atom is -0.322 e. The fourth-order valence-corrected chi connectivity index (χ4v) is 3.26. The van der Waals surface area contributed by atoms with E-state index in [9.17, 15) is 13.2 Å². The van der Waals surface area contributed by atoms with Gasteiger partial charge in [-0.25, -0.2) is 8.42 Å². The van der Waals surface area contributed by atoms with Crippen molar-refractivity contribution in [3.63, 3.8) is 0 Å². The van der Waals surface area contributed by atoms with Crippen molar-refractivity contribution >= 4 is 47.3 Å². The standard InChI is InChI=1S/C14H11BrClNO3S/c1-9-8-12(6-7-13(9)21(16,19)20)17-14(18)10-2-4-11(15)5-3-10/h2-8H,1H3,(H,17,18). The van der Waals surface area contributed by atoms with Crippen LogP contribution in [0.4, 0.5) is 5.69 Å². The Bertz CT molecular complexity index is 788. The van der Waals surface area contributed by atoms with Crippen LogP contribution in [0.15, 0.2) is 51.8 Å². The molecule has 0 aliphatic rings. The van der Waals surface area contributed by atoms with Crippen molar-refractivity contribution in [1.82, 2.24) is 0 Å². The van der Waals surface area contributed by atoms with E-state index in [1.807, 2.05) is 0 Å². The molecule has 2 aromatic carbocycles. The number of rotatable bonds is 3. The molecule has 0 saturated heterocycles. The minimum atomic E-state index is -3.78. The first kappa shape index (κ1) is 16.0. The number of carbonyl (C=O) groups is 1. The summed E-state index contributed by atoms with van der Waals surface area (Å²) in [6, 6.07) is 11.3. The Morgan fingerprint density at radius 2 is 1.76 bits per heavy atom. The average molecular weight is 389 g/mol. The number of carbonyl (C=O) groups excluding carboxylic acids is 1. The zero-order valence-corrected chi connectivity index (χ0v) is 14.1. The lowest BCUT2D eigenvalue weighted by atomic mass is 10.2. The molecule has 2 aromatic rings. The van der Waals surface area contributed by atoms with Crippen LogP contribution in [0.25, 0.3) is 0 Å². The molecule has 0 saturated carbocycles. The molecule has 0 heterocycles. The normalized spacial score (nSPS) is 11.2. The number of amides is 1. The third-order valence-corrected chi connectivity index (χ3v) is 4.81. The molecule has 7 heteroatoms. The zero-order valence-electron chi connectivity index (χ0n) is 10.9. The van der Waals surface area contributed by atoms with E-state index >= 15 is 0 Å². The second kappa shape index (κ2) is 6.17. The molecule has 1 amide bonds. The van der Waals surface area contributed by atoms with Gasteiger partial charge in [0.25, 0.3) is 15.0 Å². The molecule has 0 fully saturated rings. The van der Waals surface area contributed by atoms with Crippen molar-refractivity contribution < 1.29 is 13.2 Å². The lowest BCUT2D eigenvalue weighted by Gasteiger charge is -2.08. The molecule has 1 N–H and O–H groups in total. The van der Waals surface area contributed by atoms with Gasteiger partial charge in [-0.05, 0) is 55.0 Å². The number of nitrogens with one attached hydrogen (secondary N) is 1. The average Bonchev–Trinajstić information content (AvgIpc) is 2.37.